The number of ketones is 2. The van der Waals surface area contributed by atoms with Crippen molar-refractivity contribution in [3.8, 4) is 0 Å². The number of hydrogen-bond acceptors (Lipinski definition) is 5. The molecule has 0 atom stereocenters. The van der Waals surface area contributed by atoms with Gasteiger partial charge in [0, 0.05) is 12.8 Å². The van der Waals surface area contributed by atoms with Crippen molar-refractivity contribution < 1.29 is 23.2 Å². The van der Waals surface area contributed by atoms with Gasteiger partial charge in [0.15, 0.2) is 11.6 Å². The molecule has 0 aromatic carbocycles. The average molecular weight is 250 g/mol. The van der Waals surface area contributed by atoms with E-state index in [1.807, 2.05) is 13.8 Å². The maximum Gasteiger partial charge on any atom is 0.319 e. The maximum absolute atomic E-state index is 11.1. The second kappa shape index (κ2) is 9.70. The van der Waals surface area contributed by atoms with E-state index in [0.29, 0.717) is 12.8 Å². The Balaban J connectivity index is 3.59. The summed E-state index contributed by atoms with van der Waals surface area (Å²) in [6, 6.07) is 0. The maximum atomic E-state index is 11.1. The summed E-state index contributed by atoms with van der Waals surface area (Å²) in [6.45, 7) is 3.35. The van der Waals surface area contributed by atoms with Crippen molar-refractivity contribution in [2.75, 3.05) is 13.2 Å². The molecule has 0 aliphatic rings. The number of Topliss-reactive ketones (excluding diaryl/α,β-unsaturated/α-hetero) is 2. The molecular formula is C10H19O5P. The Hall–Kier alpha value is -0.510. The number of rotatable bonds is 10. The summed E-state index contributed by atoms with van der Waals surface area (Å²) < 4.78 is 20.5. The zero-order valence-corrected chi connectivity index (χ0v) is 10.8. The zero-order valence-electron chi connectivity index (χ0n) is 9.78. The average Bonchev–Trinajstić information content (AvgIpc) is 2.24. The van der Waals surface area contributed by atoms with Crippen LogP contribution in [0.3, 0.4) is 0 Å². The normalized spacial score (nSPS) is 10.7. The van der Waals surface area contributed by atoms with Crippen molar-refractivity contribution in [3.63, 3.8) is 0 Å². The summed E-state index contributed by atoms with van der Waals surface area (Å²) in [5.41, 5.74) is 0. The Morgan fingerprint density at radius 2 is 1.31 bits per heavy atom. The highest BCUT2D eigenvalue weighted by Crippen LogP contribution is 2.23. The summed E-state index contributed by atoms with van der Waals surface area (Å²) >= 11 is 0. The third-order valence-corrected chi connectivity index (χ3v) is 2.52. The summed E-state index contributed by atoms with van der Waals surface area (Å²) in [5.74, 6) is -0.214. The van der Waals surface area contributed by atoms with Crippen LogP contribution >= 0.6 is 8.25 Å². The third kappa shape index (κ3) is 8.77. The van der Waals surface area contributed by atoms with E-state index < -0.39 is 8.25 Å². The van der Waals surface area contributed by atoms with E-state index in [4.69, 9.17) is 9.05 Å². The molecule has 0 aromatic rings. The van der Waals surface area contributed by atoms with Gasteiger partial charge in [-0.2, -0.15) is 0 Å². The van der Waals surface area contributed by atoms with Gasteiger partial charge in [0.05, 0.1) is 0 Å². The minimum atomic E-state index is -2.71. The minimum absolute atomic E-state index is 0.107. The molecule has 16 heavy (non-hydrogen) atoms. The second-order valence-corrected chi connectivity index (χ2v) is 4.48. The first kappa shape index (κ1) is 15.5. The first-order chi connectivity index (χ1) is 7.60. The van der Waals surface area contributed by atoms with Gasteiger partial charge in [0.2, 0.25) is 0 Å². The standard InChI is InChI=1S/C10H19O5P/c1-3-5-9(11)7-14-16(13)15-8-10(12)6-4-2/h16H,3-8H2,1-2H3. The molecule has 0 aromatic heterocycles. The van der Waals surface area contributed by atoms with Gasteiger partial charge in [0.25, 0.3) is 0 Å². The molecule has 0 rings (SSSR count). The van der Waals surface area contributed by atoms with Crippen LogP contribution in [0.4, 0.5) is 0 Å². The van der Waals surface area contributed by atoms with E-state index in [2.05, 4.69) is 0 Å². The molecule has 94 valence electrons. The molecule has 0 radical (unpaired) electrons. The third-order valence-electron chi connectivity index (χ3n) is 1.76. The first-order valence-corrected chi connectivity index (χ1v) is 6.65. The number of carbonyl (C=O) groups excluding carboxylic acids is 2. The highest BCUT2D eigenvalue weighted by Gasteiger charge is 2.07. The summed E-state index contributed by atoms with van der Waals surface area (Å²) in [5, 5.41) is 0. The highest BCUT2D eigenvalue weighted by atomic mass is 31.1. The zero-order chi connectivity index (χ0) is 12.4. The van der Waals surface area contributed by atoms with E-state index >= 15 is 0 Å². The lowest BCUT2D eigenvalue weighted by atomic mass is 10.2. The minimum Gasteiger partial charge on any atom is -0.303 e. The molecule has 0 spiro atoms. The van der Waals surface area contributed by atoms with Gasteiger partial charge in [-0.25, -0.2) is 0 Å². The predicted molar refractivity (Wildman–Crippen MR) is 60.7 cm³/mol. The first-order valence-electron chi connectivity index (χ1n) is 5.43. The van der Waals surface area contributed by atoms with Crippen LogP contribution in [-0.4, -0.2) is 24.8 Å². The number of hydrogen-bond donors (Lipinski definition) is 0. The number of carbonyl (C=O) groups is 2. The van der Waals surface area contributed by atoms with Crippen LogP contribution < -0.4 is 0 Å². The summed E-state index contributed by atoms with van der Waals surface area (Å²) in [7, 11) is -2.71. The fourth-order valence-corrected chi connectivity index (χ4v) is 1.66. The van der Waals surface area contributed by atoms with Crippen molar-refractivity contribution in [3.05, 3.63) is 0 Å². The molecule has 0 heterocycles. The molecule has 0 saturated carbocycles. The van der Waals surface area contributed by atoms with Crippen molar-refractivity contribution in [1.82, 2.24) is 0 Å². The van der Waals surface area contributed by atoms with Gasteiger partial charge in [-0.3, -0.25) is 14.2 Å². The summed E-state index contributed by atoms with van der Waals surface area (Å²) in [4.78, 5) is 22.0. The Morgan fingerprint density at radius 1 is 0.938 bits per heavy atom. The SMILES string of the molecule is CCCC(=O)CO[PH](=O)OCC(=O)CCC. The van der Waals surface area contributed by atoms with Gasteiger partial charge in [0.1, 0.15) is 13.2 Å². The predicted octanol–water partition coefficient (Wildman–Crippen LogP) is 2.15. The van der Waals surface area contributed by atoms with Crippen molar-refractivity contribution in [2.45, 2.75) is 39.5 Å². The highest BCUT2D eigenvalue weighted by molar-refractivity contribution is 7.33. The van der Waals surface area contributed by atoms with E-state index in [0.717, 1.165) is 12.8 Å². The molecule has 0 amide bonds. The lowest BCUT2D eigenvalue weighted by Gasteiger charge is -2.04. The molecular weight excluding hydrogens is 231 g/mol. The molecule has 0 N–H and O–H groups in total. The lowest BCUT2D eigenvalue weighted by molar-refractivity contribution is -0.121. The Bertz CT molecular complexity index is 228. The molecule has 0 aliphatic heterocycles. The molecule has 5 nitrogen and oxygen atoms in total. The lowest BCUT2D eigenvalue weighted by Crippen LogP contribution is -2.07. The van der Waals surface area contributed by atoms with Crippen LogP contribution in [-0.2, 0) is 23.2 Å². The van der Waals surface area contributed by atoms with E-state index in [9.17, 15) is 14.2 Å². The second-order valence-electron chi connectivity index (χ2n) is 3.40. The van der Waals surface area contributed by atoms with E-state index in [1.54, 1.807) is 0 Å². The fraction of sp³-hybridized carbons (Fsp3) is 0.800. The molecule has 0 fully saturated rings. The monoisotopic (exact) mass is 250 g/mol. The van der Waals surface area contributed by atoms with Crippen LogP contribution in [0.25, 0.3) is 0 Å². The quantitative estimate of drug-likeness (QED) is 0.555. The largest absolute Gasteiger partial charge is 0.319 e. The topological polar surface area (TPSA) is 69.7 Å². The molecule has 0 bridgehead atoms. The van der Waals surface area contributed by atoms with Crippen LogP contribution in [0, 0.1) is 0 Å². The Morgan fingerprint density at radius 3 is 1.62 bits per heavy atom. The van der Waals surface area contributed by atoms with Gasteiger partial charge < -0.3 is 9.05 Å². The van der Waals surface area contributed by atoms with Gasteiger partial charge >= 0.3 is 8.25 Å². The fourth-order valence-electron chi connectivity index (χ4n) is 1.02. The van der Waals surface area contributed by atoms with Crippen LogP contribution in [0.5, 0.6) is 0 Å². The van der Waals surface area contributed by atoms with Gasteiger partial charge in [-0.15, -0.1) is 0 Å². The van der Waals surface area contributed by atoms with E-state index in [-0.39, 0.29) is 24.8 Å². The van der Waals surface area contributed by atoms with E-state index in [1.165, 1.54) is 0 Å². The van der Waals surface area contributed by atoms with Crippen molar-refractivity contribution >= 4 is 19.8 Å². The van der Waals surface area contributed by atoms with Crippen molar-refractivity contribution in [1.29, 1.82) is 0 Å². The molecule has 6 heteroatoms. The van der Waals surface area contributed by atoms with Crippen LogP contribution in [0.2, 0.25) is 0 Å². The van der Waals surface area contributed by atoms with Crippen LogP contribution in [0.1, 0.15) is 39.5 Å². The van der Waals surface area contributed by atoms with Gasteiger partial charge in [-0.05, 0) is 12.8 Å². The smallest absolute Gasteiger partial charge is 0.303 e. The van der Waals surface area contributed by atoms with Crippen LogP contribution in [0.15, 0.2) is 0 Å². The summed E-state index contributed by atoms with van der Waals surface area (Å²) in [6.07, 6.45) is 2.28. The molecule has 0 saturated heterocycles. The Kier molecular flexibility index (Phi) is 9.39. The van der Waals surface area contributed by atoms with Gasteiger partial charge in [-0.1, -0.05) is 13.8 Å². The Labute approximate surface area is 96.5 Å². The van der Waals surface area contributed by atoms with Crippen molar-refractivity contribution in [2.24, 2.45) is 0 Å². The molecule has 0 unspecified atom stereocenters. The molecule has 0 aliphatic carbocycles.